The first-order valence-corrected chi connectivity index (χ1v) is 4.88. The highest BCUT2D eigenvalue weighted by molar-refractivity contribution is 7.80. The minimum atomic E-state index is -5.95. The lowest BCUT2D eigenvalue weighted by Crippen LogP contribution is -2.48. The Kier molecular flexibility index (Phi) is 4.05. The first-order chi connectivity index (χ1) is 6.42. The highest BCUT2D eigenvalue weighted by Gasteiger charge is 2.63. The van der Waals surface area contributed by atoms with E-state index in [0.29, 0.717) is 0 Å². The highest BCUT2D eigenvalue weighted by atomic mass is 32.3. The minimum absolute atomic E-state index is 0.857. The van der Waals surface area contributed by atoms with Crippen LogP contribution in [-0.2, 0) is 14.6 Å². The summed E-state index contributed by atoms with van der Waals surface area (Å²) < 4.78 is 91.5. The SMILES string of the molecule is CCC(OS(=O)(=O)O)C(F)(F)C(F)(F)F. The van der Waals surface area contributed by atoms with Gasteiger partial charge in [-0.1, -0.05) is 6.92 Å². The minimum Gasteiger partial charge on any atom is -0.264 e. The largest absolute Gasteiger partial charge is 0.456 e. The average molecular weight is 258 g/mol. The number of halogens is 5. The predicted molar refractivity (Wildman–Crippen MR) is 37.7 cm³/mol. The van der Waals surface area contributed by atoms with Gasteiger partial charge in [0.05, 0.1) is 0 Å². The molecule has 0 saturated carbocycles. The van der Waals surface area contributed by atoms with E-state index in [0.717, 1.165) is 6.92 Å². The van der Waals surface area contributed by atoms with Crippen molar-refractivity contribution < 1.29 is 39.1 Å². The predicted octanol–water partition coefficient (Wildman–Crippen LogP) is 1.78. The van der Waals surface area contributed by atoms with Crippen molar-refractivity contribution in [1.82, 2.24) is 0 Å². The van der Waals surface area contributed by atoms with E-state index in [4.69, 9.17) is 4.55 Å². The second kappa shape index (κ2) is 4.18. The van der Waals surface area contributed by atoms with Crippen molar-refractivity contribution in [2.24, 2.45) is 0 Å². The van der Waals surface area contributed by atoms with Crippen LogP contribution in [0.15, 0.2) is 0 Å². The van der Waals surface area contributed by atoms with E-state index in [1.807, 2.05) is 0 Å². The molecule has 1 N–H and O–H groups in total. The van der Waals surface area contributed by atoms with Gasteiger partial charge in [-0.05, 0) is 6.42 Å². The molecule has 92 valence electrons. The van der Waals surface area contributed by atoms with E-state index >= 15 is 0 Å². The molecule has 0 amide bonds. The Bertz CT molecular complexity index is 308. The van der Waals surface area contributed by atoms with Crippen LogP contribution in [0.25, 0.3) is 0 Å². The molecular weight excluding hydrogens is 251 g/mol. The molecule has 0 aromatic rings. The van der Waals surface area contributed by atoms with Crippen LogP contribution in [0.4, 0.5) is 22.0 Å². The van der Waals surface area contributed by atoms with E-state index in [-0.39, 0.29) is 0 Å². The molecule has 0 radical (unpaired) electrons. The second-order valence-corrected chi connectivity index (χ2v) is 3.59. The Morgan fingerprint density at radius 2 is 1.67 bits per heavy atom. The van der Waals surface area contributed by atoms with Crippen molar-refractivity contribution in [2.75, 3.05) is 0 Å². The van der Waals surface area contributed by atoms with E-state index in [2.05, 4.69) is 4.18 Å². The van der Waals surface area contributed by atoms with Crippen LogP contribution in [-0.4, -0.2) is 31.2 Å². The van der Waals surface area contributed by atoms with Gasteiger partial charge in [-0.3, -0.25) is 4.55 Å². The lowest BCUT2D eigenvalue weighted by Gasteiger charge is -2.26. The molecule has 0 heterocycles. The van der Waals surface area contributed by atoms with Gasteiger partial charge in [-0.2, -0.15) is 30.4 Å². The molecule has 0 rings (SSSR count). The molecular formula is C5H7F5O4S. The third kappa shape index (κ3) is 3.87. The molecule has 0 aliphatic carbocycles. The molecule has 0 aromatic heterocycles. The summed E-state index contributed by atoms with van der Waals surface area (Å²) in [5.41, 5.74) is 0. The van der Waals surface area contributed by atoms with E-state index in [1.54, 1.807) is 0 Å². The first kappa shape index (κ1) is 14.5. The molecule has 15 heavy (non-hydrogen) atoms. The van der Waals surface area contributed by atoms with Crippen molar-refractivity contribution in [3.05, 3.63) is 0 Å². The summed E-state index contributed by atoms with van der Waals surface area (Å²) in [6, 6.07) is 0. The van der Waals surface area contributed by atoms with Gasteiger partial charge < -0.3 is 0 Å². The zero-order valence-corrected chi connectivity index (χ0v) is 8.07. The van der Waals surface area contributed by atoms with Gasteiger partial charge >= 0.3 is 22.5 Å². The third-order valence-electron chi connectivity index (χ3n) is 1.39. The molecule has 0 saturated heterocycles. The normalized spacial score (nSPS) is 16.5. The zero-order chi connectivity index (χ0) is 12.5. The van der Waals surface area contributed by atoms with Crippen molar-refractivity contribution in [2.45, 2.75) is 31.5 Å². The molecule has 4 nitrogen and oxygen atoms in total. The molecule has 0 fully saturated rings. The van der Waals surface area contributed by atoms with Crippen molar-refractivity contribution >= 4 is 10.4 Å². The van der Waals surface area contributed by atoms with Crippen molar-refractivity contribution in [3.63, 3.8) is 0 Å². The number of hydrogen-bond donors (Lipinski definition) is 1. The van der Waals surface area contributed by atoms with Crippen LogP contribution >= 0.6 is 0 Å². The van der Waals surface area contributed by atoms with Crippen molar-refractivity contribution in [3.8, 4) is 0 Å². The summed E-state index contributed by atoms with van der Waals surface area (Å²) in [7, 11) is -5.36. The maximum Gasteiger partial charge on any atom is 0.456 e. The summed E-state index contributed by atoms with van der Waals surface area (Å²) in [4.78, 5) is 0. The number of hydrogen-bond acceptors (Lipinski definition) is 3. The lowest BCUT2D eigenvalue weighted by atomic mass is 10.1. The quantitative estimate of drug-likeness (QED) is 0.616. The second-order valence-electron chi connectivity index (χ2n) is 2.54. The summed E-state index contributed by atoms with van der Waals surface area (Å²) in [5, 5.41) is 0. The fourth-order valence-corrected chi connectivity index (χ4v) is 1.26. The van der Waals surface area contributed by atoms with Gasteiger partial charge in [0.1, 0.15) is 0 Å². The monoisotopic (exact) mass is 258 g/mol. The molecule has 0 aliphatic rings. The van der Waals surface area contributed by atoms with E-state index in [1.165, 1.54) is 0 Å². The molecule has 1 unspecified atom stereocenters. The Hall–Kier alpha value is -0.480. The van der Waals surface area contributed by atoms with Gasteiger partial charge in [0.2, 0.25) is 0 Å². The van der Waals surface area contributed by atoms with Gasteiger partial charge in [-0.25, -0.2) is 4.18 Å². The fourth-order valence-electron chi connectivity index (χ4n) is 0.714. The van der Waals surface area contributed by atoms with E-state index in [9.17, 15) is 30.4 Å². The van der Waals surface area contributed by atoms with Gasteiger partial charge in [0.25, 0.3) is 0 Å². The number of rotatable bonds is 4. The summed E-state index contributed by atoms with van der Waals surface area (Å²) >= 11 is 0. The Labute approximate surface area is 82.0 Å². The topological polar surface area (TPSA) is 63.6 Å². The standard InChI is InChI=1S/C5H7F5O4S/c1-2-3(14-15(11,12)13)4(6,7)5(8,9)10/h3H,2H2,1H3,(H,11,12,13). The molecule has 1 atom stereocenters. The van der Waals surface area contributed by atoms with Crippen LogP contribution in [0.3, 0.4) is 0 Å². The van der Waals surface area contributed by atoms with Gasteiger partial charge in [0, 0.05) is 0 Å². The van der Waals surface area contributed by atoms with Crippen molar-refractivity contribution in [1.29, 1.82) is 0 Å². The maximum atomic E-state index is 12.5. The smallest absolute Gasteiger partial charge is 0.264 e. The molecule has 0 spiro atoms. The fraction of sp³-hybridized carbons (Fsp3) is 1.00. The lowest BCUT2D eigenvalue weighted by molar-refractivity contribution is -0.309. The van der Waals surface area contributed by atoms with Crippen LogP contribution in [0.1, 0.15) is 13.3 Å². The van der Waals surface area contributed by atoms with Gasteiger partial charge in [0.15, 0.2) is 6.10 Å². The molecule has 0 aliphatic heterocycles. The Morgan fingerprint density at radius 1 is 1.27 bits per heavy atom. The highest BCUT2D eigenvalue weighted by Crippen LogP contribution is 2.40. The van der Waals surface area contributed by atoms with Crippen LogP contribution in [0.5, 0.6) is 0 Å². The van der Waals surface area contributed by atoms with Crippen LogP contribution < -0.4 is 0 Å². The van der Waals surface area contributed by atoms with Crippen LogP contribution in [0, 0.1) is 0 Å². The van der Waals surface area contributed by atoms with Gasteiger partial charge in [-0.15, -0.1) is 0 Å². The number of alkyl halides is 5. The molecule has 0 aromatic carbocycles. The Balaban J connectivity index is 4.98. The molecule has 0 bridgehead atoms. The molecule has 10 heteroatoms. The Morgan fingerprint density at radius 3 is 1.87 bits per heavy atom. The third-order valence-corrected chi connectivity index (χ3v) is 1.87. The van der Waals surface area contributed by atoms with E-state index < -0.39 is 35.0 Å². The van der Waals surface area contributed by atoms with Crippen LogP contribution in [0.2, 0.25) is 0 Å². The summed E-state index contributed by atoms with van der Waals surface area (Å²) in [5.74, 6) is -5.35. The maximum absolute atomic E-state index is 12.5. The first-order valence-electron chi connectivity index (χ1n) is 3.52. The summed E-state index contributed by atoms with van der Waals surface area (Å²) in [6.07, 6.45) is -9.86. The zero-order valence-electron chi connectivity index (χ0n) is 7.25. The average Bonchev–Trinajstić information content (AvgIpc) is 1.95. The summed E-state index contributed by atoms with van der Waals surface area (Å²) in [6.45, 7) is 0.857.